The van der Waals surface area contributed by atoms with Gasteiger partial charge in [-0.1, -0.05) is 36.4 Å². The smallest absolute Gasteiger partial charge is 0.270 e. The van der Waals surface area contributed by atoms with Gasteiger partial charge in [0.2, 0.25) is 0 Å². The van der Waals surface area contributed by atoms with Crippen molar-refractivity contribution >= 4 is 11.5 Å². The minimum Gasteiger partial charge on any atom is -0.367 e. The van der Waals surface area contributed by atoms with Crippen LogP contribution < -0.4 is 4.90 Å². The van der Waals surface area contributed by atoms with E-state index in [1.54, 1.807) is 12.1 Å². The second-order valence-corrected chi connectivity index (χ2v) is 7.92. The highest BCUT2D eigenvalue weighted by Gasteiger charge is 2.43. The fourth-order valence-corrected chi connectivity index (χ4v) is 4.55. The fourth-order valence-electron chi connectivity index (χ4n) is 4.55. The van der Waals surface area contributed by atoms with E-state index in [1.165, 1.54) is 23.3 Å². The van der Waals surface area contributed by atoms with Crippen molar-refractivity contribution in [2.75, 3.05) is 24.6 Å². The molecule has 1 aromatic heterocycles. The van der Waals surface area contributed by atoms with E-state index < -0.39 is 4.92 Å². The van der Waals surface area contributed by atoms with Crippen LogP contribution >= 0.6 is 0 Å². The predicted octanol–water partition coefficient (Wildman–Crippen LogP) is 4.04. The number of morpholine rings is 1. The van der Waals surface area contributed by atoms with E-state index >= 15 is 0 Å². The van der Waals surface area contributed by atoms with E-state index in [1.807, 2.05) is 13.0 Å². The Hall–Kier alpha value is -3.32. The van der Waals surface area contributed by atoms with Crippen LogP contribution in [-0.4, -0.2) is 34.6 Å². The molecule has 1 fully saturated rings. The lowest BCUT2D eigenvalue weighted by molar-refractivity contribution is -0.384. The summed E-state index contributed by atoms with van der Waals surface area (Å²) in [5.74, 6) is 1.33. The van der Waals surface area contributed by atoms with Gasteiger partial charge in [-0.3, -0.25) is 10.1 Å². The van der Waals surface area contributed by atoms with Crippen molar-refractivity contribution in [1.82, 2.24) is 9.97 Å². The lowest BCUT2D eigenvalue weighted by Gasteiger charge is -2.41. The summed E-state index contributed by atoms with van der Waals surface area (Å²) in [5, 5.41) is 11.2. The summed E-state index contributed by atoms with van der Waals surface area (Å²) in [6.07, 6.45) is 1.98. The molecule has 30 heavy (non-hydrogen) atoms. The zero-order chi connectivity index (χ0) is 20.7. The van der Waals surface area contributed by atoms with Gasteiger partial charge in [-0.25, -0.2) is 9.97 Å². The number of nitro groups is 1. The van der Waals surface area contributed by atoms with Crippen molar-refractivity contribution < 1.29 is 9.66 Å². The third-order valence-corrected chi connectivity index (χ3v) is 5.97. The number of benzene rings is 2. The quantitative estimate of drug-likeness (QED) is 0.486. The molecule has 0 N–H and O–H groups in total. The highest BCUT2D eigenvalue weighted by atomic mass is 16.6. The van der Waals surface area contributed by atoms with Gasteiger partial charge >= 0.3 is 0 Å². The predicted molar refractivity (Wildman–Crippen MR) is 113 cm³/mol. The SMILES string of the molecule is Cc1cc(N2CCOC3(CCc4ccccc43)C2)nc(-c2cccc([N+](=O)[O-])c2)n1. The Kier molecular flexibility index (Phi) is 4.47. The summed E-state index contributed by atoms with van der Waals surface area (Å²) < 4.78 is 6.33. The number of fused-ring (bicyclic) bond motifs is 2. The van der Waals surface area contributed by atoms with Crippen LogP contribution in [0.25, 0.3) is 11.4 Å². The Morgan fingerprint density at radius 3 is 2.87 bits per heavy atom. The number of anilines is 1. The summed E-state index contributed by atoms with van der Waals surface area (Å²) in [6, 6.07) is 16.9. The molecule has 2 heterocycles. The maximum atomic E-state index is 11.2. The Balaban J connectivity index is 1.49. The Bertz CT molecular complexity index is 1130. The second-order valence-electron chi connectivity index (χ2n) is 7.92. The number of hydrogen-bond donors (Lipinski definition) is 0. The third-order valence-electron chi connectivity index (χ3n) is 5.97. The van der Waals surface area contributed by atoms with E-state index in [2.05, 4.69) is 34.1 Å². The van der Waals surface area contributed by atoms with Gasteiger partial charge in [0.1, 0.15) is 11.4 Å². The standard InChI is InChI=1S/C23H22N4O3/c1-16-13-21(25-22(24-16)18-6-4-7-19(14-18)27(28)29)26-11-12-30-23(15-26)10-9-17-5-2-3-8-20(17)23/h2-8,13-14H,9-12,15H2,1H3. The molecule has 0 bridgehead atoms. The second kappa shape index (κ2) is 7.18. The molecule has 0 radical (unpaired) electrons. The van der Waals surface area contributed by atoms with Gasteiger partial charge in [-0.2, -0.15) is 0 Å². The van der Waals surface area contributed by atoms with E-state index in [0.717, 1.165) is 37.4 Å². The van der Waals surface area contributed by atoms with E-state index in [-0.39, 0.29) is 11.3 Å². The minimum absolute atomic E-state index is 0.0343. The van der Waals surface area contributed by atoms with E-state index in [9.17, 15) is 10.1 Å². The fraction of sp³-hybridized carbons (Fsp3) is 0.304. The van der Waals surface area contributed by atoms with Crippen molar-refractivity contribution in [3.8, 4) is 11.4 Å². The van der Waals surface area contributed by atoms with Crippen LogP contribution in [0.15, 0.2) is 54.6 Å². The molecular weight excluding hydrogens is 380 g/mol. The van der Waals surface area contributed by atoms with Crippen LogP contribution in [-0.2, 0) is 16.8 Å². The number of hydrogen-bond acceptors (Lipinski definition) is 6. The van der Waals surface area contributed by atoms with E-state index in [4.69, 9.17) is 9.72 Å². The van der Waals surface area contributed by atoms with Crippen molar-refractivity contribution in [1.29, 1.82) is 0 Å². The number of aryl methyl sites for hydroxylation is 2. The molecule has 1 atom stereocenters. The molecule has 0 amide bonds. The van der Waals surface area contributed by atoms with Gasteiger partial charge in [-0.05, 0) is 30.9 Å². The van der Waals surface area contributed by atoms with Gasteiger partial charge in [-0.15, -0.1) is 0 Å². The molecule has 1 saturated heterocycles. The molecule has 152 valence electrons. The zero-order valence-corrected chi connectivity index (χ0v) is 16.7. The number of rotatable bonds is 3. The highest BCUT2D eigenvalue weighted by molar-refractivity contribution is 5.61. The molecule has 1 aliphatic heterocycles. The first-order valence-corrected chi connectivity index (χ1v) is 10.1. The van der Waals surface area contributed by atoms with Gasteiger partial charge in [0.25, 0.3) is 5.69 Å². The first-order chi connectivity index (χ1) is 14.5. The lowest BCUT2D eigenvalue weighted by Crippen LogP contribution is -2.49. The zero-order valence-electron chi connectivity index (χ0n) is 16.7. The topological polar surface area (TPSA) is 81.4 Å². The summed E-state index contributed by atoms with van der Waals surface area (Å²) in [4.78, 5) is 22.3. The molecule has 3 aromatic rings. The number of aromatic nitrogens is 2. The molecule has 1 spiro atoms. The van der Waals surface area contributed by atoms with E-state index in [0.29, 0.717) is 18.0 Å². The molecule has 7 nitrogen and oxygen atoms in total. The number of nitro benzene ring substituents is 1. The highest BCUT2D eigenvalue weighted by Crippen LogP contribution is 2.42. The van der Waals surface area contributed by atoms with Gasteiger partial charge in [0.15, 0.2) is 5.82 Å². The van der Waals surface area contributed by atoms with Crippen molar-refractivity contribution in [2.45, 2.75) is 25.4 Å². The van der Waals surface area contributed by atoms with Crippen molar-refractivity contribution in [3.63, 3.8) is 0 Å². The lowest BCUT2D eigenvalue weighted by atomic mass is 9.93. The van der Waals surface area contributed by atoms with Gasteiger partial charge in [0, 0.05) is 36.0 Å². The Labute approximate surface area is 174 Å². The maximum Gasteiger partial charge on any atom is 0.270 e. The van der Waals surface area contributed by atoms with Crippen molar-refractivity contribution in [3.05, 3.63) is 81.5 Å². The minimum atomic E-state index is -0.399. The van der Waals surface area contributed by atoms with Gasteiger partial charge < -0.3 is 9.64 Å². The Morgan fingerprint density at radius 1 is 1.13 bits per heavy atom. The van der Waals surface area contributed by atoms with Crippen LogP contribution in [0, 0.1) is 17.0 Å². The first-order valence-electron chi connectivity index (χ1n) is 10.1. The normalized spacial score (nSPS) is 20.4. The maximum absolute atomic E-state index is 11.2. The van der Waals surface area contributed by atoms with Crippen molar-refractivity contribution in [2.24, 2.45) is 0 Å². The average molecular weight is 402 g/mol. The molecule has 7 heteroatoms. The van der Waals surface area contributed by atoms with Crippen LogP contribution in [0.4, 0.5) is 11.5 Å². The Morgan fingerprint density at radius 2 is 2.00 bits per heavy atom. The summed E-state index contributed by atoms with van der Waals surface area (Å²) >= 11 is 0. The first kappa shape index (κ1) is 18.7. The summed E-state index contributed by atoms with van der Waals surface area (Å²) in [7, 11) is 0. The number of non-ortho nitro benzene ring substituents is 1. The summed E-state index contributed by atoms with van der Waals surface area (Å²) in [6.45, 7) is 4.03. The van der Waals surface area contributed by atoms with Gasteiger partial charge in [0.05, 0.1) is 18.1 Å². The molecule has 0 saturated carbocycles. The molecule has 2 aliphatic rings. The van der Waals surface area contributed by atoms with Crippen LogP contribution in [0.3, 0.4) is 0 Å². The number of nitrogens with zero attached hydrogens (tertiary/aromatic N) is 4. The molecule has 1 unspecified atom stereocenters. The largest absolute Gasteiger partial charge is 0.367 e. The monoisotopic (exact) mass is 402 g/mol. The summed E-state index contributed by atoms with van der Waals surface area (Å²) in [5.41, 5.74) is 3.83. The number of ether oxygens (including phenoxy) is 1. The van der Waals surface area contributed by atoms with Crippen LogP contribution in [0.2, 0.25) is 0 Å². The average Bonchev–Trinajstić information content (AvgIpc) is 3.11. The van der Waals surface area contributed by atoms with Crippen LogP contribution in [0.5, 0.6) is 0 Å². The molecule has 5 rings (SSSR count). The third kappa shape index (κ3) is 3.21. The van der Waals surface area contributed by atoms with Crippen LogP contribution in [0.1, 0.15) is 23.2 Å². The molecule has 1 aliphatic carbocycles. The molecular formula is C23H22N4O3. The molecule has 2 aromatic carbocycles.